The molecule has 2 aromatic heterocycles. The van der Waals surface area contributed by atoms with E-state index < -0.39 is 0 Å². The van der Waals surface area contributed by atoms with Gasteiger partial charge in [-0.05, 0) is 25.1 Å². The Balaban J connectivity index is 2.40. The van der Waals surface area contributed by atoms with Gasteiger partial charge in [0.1, 0.15) is 11.6 Å². The van der Waals surface area contributed by atoms with Crippen molar-refractivity contribution in [3.63, 3.8) is 0 Å². The minimum Gasteiger partial charge on any atom is -0.383 e. The summed E-state index contributed by atoms with van der Waals surface area (Å²) in [5.74, 6) is 1.09. The van der Waals surface area contributed by atoms with Crippen LogP contribution in [0.2, 0.25) is 5.02 Å². The molecule has 0 spiro atoms. The lowest BCUT2D eigenvalue weighted by molar-refractivity contribution is 0.572. The highest BCUT2D eigenvalue weighted by molar-refractivity contribution is 6.30. The summed E-state index contributed by atoms with van der Waals surface area (Å²) in [6, 6.07) is 3.38. The zero-order valence-corrected chi connectivity index (χ0v) is 11.4. The van der Waals surface area contributed by atoms with Crippen molar-refractivity contribution >= 4 is 17.4 Å². The largest absolute Gasteiger partial charge is 0.383 e. The van der Waals surface area contributed by atoms with Crippen molar-refractivity contribution in [3.05, 3.63) is 47.1 Å². The molecule has 0 radical (unpaired) electrons. The highest BCUT2D eigenvalue weighted by Gasteiger charge is 2.19. The van der Waals surface area contributed by atoms with Crippen molar-refractivity contribution in [2.24, 2.45) is 0 Å². The second-order valence-electron chi connectivity index (χ2n) is 4.12. The molecule has 6 heteroatoms. The highest BCUT2D eigenvalue weighted by Crippen LogP contribution is 2.25. The number of nitrogens with one attached hydrogen (secondary N) is 1. The molecule has 3 N–H and O–H groups in total. The summed E-state index contributed by atoms with van der Waals surface area (Å²) >= 11 is 6.00. The number of nitrogen functional groups attached to an aromatic ring is 1. The van der Waals surface area contributed by atoms with Gasteiger partial charge in [0.15, 0.2) is 0 Å². The van der Waals surface area contributed by atoms with Crippen LogP contribution in [0.1, 0.15) is 30.8 Å². The second kappa shape index (κ2) is 6.45. The van der Waals surface area contributed by atoms with Crippen molar-refractivity contribution in [1.82, 2.24) is 20.3 Å². The third-order valence-corrected chi connectivity index (χ3v) is 2.88. The SMILES string of the molecule is CCCNC(c1ncccn1)c1cc(Cl)cnc1N. The van der Waals surface area contributed by atoms with Crippen LogP contribution in [0, 0.1) is 0 Å². The van der Waals surface area contributed by atoms with E-state index in [1.807, 2.05) is 0 Å². The Labute approximate surface area is 117 Å². The maximum Gasteiger partial charge on any atom is 0.149 e. The van der Waals surface area contributed by atoms with Crippen LogP contribution in [-0.4, -0.2) is 21.5 Å². The quantitative estimate of drug-likeness (QED) is 0.876. The first-order valence-electron chi connectivity index (χ1n) is 6.13. The van der Waals surface area contributed by atoms with Gasteiger partial charge >= 0.3 is 0 Å². The topological polar surface area (TPSA) is 76.7 Å². The number of anilines is 1. The zero-order chi connectivity index (χ0) is 13.7. The number of pyridine rings is 1. The first kappa shape index (κ1) is 13.7. The summed E-state index contributed by atoms with van der Waals surface area (Å²) < 4.78 is 0. The number of nitrogens with zero attached hydrogens (tertiary/aromatic N) is 3. The Kier molecular flexibility index (Phi) is 4.65. The van der Waals surface area contributed by atoms with E-state index in [1.54, 1.807) is 24.5 Å². The maximum absolute atomic E-state index is 6.00. The molecule has 0 aromatic carbocycles. The number of rotatable bonds is 5. The average Bonchev–Trinajstić information content (AvgIpc) is 2.44. The van der Waals surface area contributed by atoms with Crippen molar-refractivity contribution in [2.45, 2.75) is 19.4 Å². The van der Waals surface area contributed by atoms with E-state index in [1.165, 1.54) is 6.20 Å². The molecule has 0 bridgehead atoms. The van der Waals surface area contributed by atoms with Gasteiger partial charge in [-0.15, -0.1) is 0 Å². The monoisotopic (exact) mass is 277 g/mol. The number of hydrogen-bond donors (Lipinski definition) is 2. The van der Waals surface area contributed by atoms with E-state index in [-0.39, 0.29) is 6.04 Å². The number of halogens is 1. The second-order valence-corrected chi connectivity index (χ2v) is 4.56. The Morgan fingerprint density at radius 2 is 2.05 bits per heavy atom. The van der Waals surface area contributed by atoms with E-state index in [0.717, 1.165) is 18.5 Å². The lowest BCUT2D eigenvalue weighted by atomic mass is 10.1. The molecule has 2 rings (SSSR count). The molecule has 0 aliphatic carbocycles. The fourth-order valence-corrected chi connectivity index (χ4v) is 1.95. The number of hydrogen-bond acceptors (Lipinski definition) is 5. The Morgan fingerprint density at radius 3 is 2.74 bits per heavy atom. The minimum atomic E-state index is -0.202. The van der Waals surface area contributed by atoms with E-state index in [0.29, 0.717) is 16.7 Å². The van der Waals surface area contributed by atoms with Crippen LogP contribution >= 0.6 is 11.6 Å². The molecule has 1 unspecified atom stereocenters. The highest BCUT2D eigenvalue weighted by atomic mass is 35.5. The standard InChI is InChI=1S/C13H16ClN5/c1-2-4-16-11(13-17-5-3-6-18-13)10-7-9(14)8-19-12(10)15/h3,5-8,11,16H,2,4H2,1H3,(H2,15,19). The van der Waals surface area contributed by atoms with Crippen LogP contribution < -0.4 is 11.1 Å². The average molecular weight is 278 g/mol. The summed E-state index contributed by atoms with van der Waals surface area (Å²) in [6.07, 6.45) is 5.94. The summed E-state index contributed by atoms with van der Waals surface area (Å²) in [5, 5.41) is 3.91. The molecular weight excluding hydrogens is 262 g/mol. The van der Waals surface area contributed by atoms with E-state index in [2.05, 4.69) is 27.2 Å². The summed E-state index contributed by atoms with van der Waals surface area (Å²) in [4.78, 5) is 12.6. The maximum atomic E-state index is 6.00. The van der Waals surface area contributed by atoms with E-state index in [9.17, 15) is 0 Å². The number of aromatic nitrogens is 3. The lowest BCUT2D eigenvalue weighted by Crippen LogP contribution is -2.26. The molecule has 0 saturated heterocycles. The normalized spacial score (nSPS) is 12.3. The van der Waals surface area contributed by atoms with Crippen LogP contribution in [0.5, 0.6) is 0 Å². The van der Waals surface area contributed by atoms with Crippen LogP contribution in [0.4, 0.5) is 5.82 Å². The first-order chi connectivity index (χ1) is 9.22. The zero-order valence-electron chi connectivity index (χ0n) is 10.7. The lowest BCUT2D eigenvalue weighted by Gasteiger charge is -2.18. The van der Waals surface area contributed by atoms with E-state index in [4.69, 9.17) is 17.3 Å². The Hall–Kier alpha value is -1.72. The molecular formula is C13H16ClN5. The van der Waals surface area contributed by atoms with Crippen molar-refractivity contribution in [3.8, 4) is 0 Å². The minimum absolute atomic E-state index is 0.202. The predicted octanol–water partition coefficient (Wildman–Crippen LogP) is 2.20. The van der Waals surface area contributed by atoms with E-state index >= 15 is 0 Å². The van der Waals surface area contributed by atoms with Crippen molar-refractivity contribution < 1.29 is 0 Å². The summed E-state index contributed by atoms with van der Waals surface area (Å²) in [5.41, 5.74) is 6.73. The number of nitrogens with two attached hydrogens (primary N) is 1. The fourth-order valence-electron chi connectivity index (χ4n) is 1.79. The van der Waals surface area contributed by atoms with Crippen LogP contribution in [-0.2, 0) is 0 Å². The molecule has 0 fully saturated rings. The van der Waals surface area contributed by atoms with Crippen molar-refractivity contribution in [2.75, 3.05) is 12.3 Å². The van der Waals surface area contributed by atoms with Gasteiger partial charge in [-0.1, -0.05) is 18.5 Å². The van der Waals surface area contributed by atoms with Gasteiger partial charge in [0.2, 0.25) is 0 Å². The third-order valence-electron chi connectivity index (χ3n) is 2.67. The van der Waals surface area contributed by atoms with Crippen LogP contribution in [0.25, 0.3) is 0 Å². The van der Waals surface area contributed by atoms with Gasteiger partial charge in [-0.2, -0.15) is 0 Å². The Bertz CT molecular complexity index is 532. The molecule has 0 saturated carbocycles. The molecule has 0 amide bonds. The van der Waals surface area contributed by atoms with Gasteiger partial charge < -0.3 is 11.1 Å². The van der Waals surface area contributed by atoms with Gasteiger partial charge in [-0.25, -0.2) is 15.0 Å². The van der Waals surface area contributed by atoms with Gasteiger partial charge in [0.25, 0.3) is 0 Å². The molecule has 100 valence electrons. The molecule has 19 heavy (non-hydrogen) atoms. The fraction of sp³-hybridized carbons (Fsp3) is 0.308. The molecule has 0 aliphatic heterocycles. The Morgan fingerprint density at radius 1 is 1.32 bits per heavy atom. The summed E-state index contributed by atoms with van der Waals surface area (Å²) in [6.45, 7) is 2.92. The molecule has 5 nitrogen and oxygen atoms in total. The molecule has 0 aliphatic rings. The van der Waals surface area contributed by atoms with Gasteiger partial charge in [-0.3, -0.25) is 0 Å². The first-order valence-corrected chi connectivity index (χ1v) is 6.51. The van der Waals surface area contributed by atoms with Crippen LogP contribution in [0.3, 0.4) is 0 Å². The van der Waals surface area contributed by atoms with Crippen LogP contribution in [0.15, 0.2) is 30.7 Å². The molecule has 2 heterocycles. The van der Waals surface area contributed by atoms with Crippen molar-refractivity contribution in [1.29, 1.82) is 0 Å². The smallest absolute Gasteiger partial charge is 0.149 e. The van der Waals surface area contributed by atoms with Gasteiger partial charge in [0, 0.05) is 24.2 Å². The molecule has 2 aromatic rings. The predicted molar refractivity (Wildman–Crippen MR) is 75.8 cm³/mol. The van der Waals surface area contributed by atoms with Gasteiger partial charge in [0.05, 0.1) is 11.1 Å². The molecule has 1 atom stereocenters. The third kappa shape index (κ3) is 3.39. The summed E-state index contributed by atoms with van der Waals surface area (Å²) in [7, 11) is 0.